The third-order valence-electron chi connectivity index (χ3n) is 2.61. The number of epoxide rings is 1. The van der Waals surface area contributed by atoms with Gasteiger partial charge in [-0.15, -0.1) is 0 Å². The van der Waals surface area contributed by atoms with Crippen LogP contribution in [-0.4, -0.2) is 37.2 Å². The zero-order valence-corrected chi connectivity index (χ0v) is 7.25. The smallest absolute Gasteiger partial charge is 0.0936 e. The van der Waals surface area contributed by atoms with Crippen molar-refractivity contribution in [2.75, 3.05) is 26.2 Å². The van der Waals surface area contributed by atoms with Gasteiger partial charge in [0.1, 0.15) is 0 Å². The number of ether oxygens (including phenoxy) is 1. The lowest BCUT2D eigenvalue weighted by Gasteiger charge is -2.30. The summed E-state index contributed by atoms with van der Waals surface area (Å²) in [5.41, 5.74) is 0. The molecule has 11 heavy (non-hydrogen) atoms. The van der Waals surface area contributed by atoms with E-state index in [-0.39, 0.29) is 0 Å². The second-order valence-corrected chi connectivity index (χ2v) is 3.96. The summed E-state index contributed by atoms with van der Waals surface area (Å²) in [5.74, 6) is 0.905. The van der Waals surface area contributed by atoms with Crippen LogP contribution in [0.1, 0.15) is 19.8 Å². The highest BCUT2D eigenvalue weighted by Gasteiger charge is 2.27. The summed E-state index contributed by atoms with van der Waals surface area (Å²) in [6.07, 6.45) is 3.39. The molecule has 2 rings (SSSR count). The zero-order chi connectivity index (χ0) is 7.68. The molecule has 2 nitrogen and oxygen atoms in total. The lowest BCUT2D eigenvalue weighted by Crippen LogP contribution is -2.36. The fourth-order valence-electron chi connectivity index (χ4n) is 1.91. The second-order valence-electron chi connectivity index (χ2n) is 3.96. The van der Waals surface area contributed by atoms with Gasteiger partial charge in [0.25, 0.3) is 0 Å². The molecule has 0 aromatic rings. The van der Waals surface area contributed by atoms with E-state index >= 15 is 0 Å². The Hall–Kier alpha value is -0.0800. The van der Waals surface area contributed by atoms with E-state index in [2.05, 4.69) is 11.8 Å². The Morgan fingerprint density at radius 1 is 1.55 bits per heavy atom. The van der Waals surface area contributed by atoms with Gasteiger partial charge in [0, 0.05) is 13.1 Å². The summed E-state index contributed by atoms with van der Waals surface area (Å²) in [5, 5.41) is 0. The molecular formula is C9H17NO. The molecule has 0 saturated carbocycles. The van der Waals surface area contributed by atoms with Crippen molar-refractivity contribution in [3.8, 4) is 0 Å². The highest BCUT2D eigenvalue weighted by atomic mass is 16.6. The van der Waals surface area contributed by atoms with Gasteiger partial charge < -0.3 is 9.64 Å². The Morgan fingerprint density at radius 3 is 3.00 bits per heavy atom. The molecule has 0 aromatic heterocycles. The largest absolute Gasteiger partial charge is 0.372 e. The predicted octanol–water partition coefficient (Wildman–Crippen LogP) is 1.12. The van der Waals surface area contributed by atoms with Crippen molar-refractivity contribution in [3.05, 3.63) is 0 Å². The molecule has 0 bridgehead atoms. The van der Waals surface area contributed by atoms with Gasteiger partial charge in [0.05, 0.1) is 12.7 Å². The van der Waals surface area contributed by atoms with Crippen LogP contribution < -0.4 is 0 Å². The lowest BCUT2D eigenvalue weighted by atomic mass is 10.0. The summed E-state index contributed by atoms with van der Waals surface area (Å²) >= 11 is 0. The molecular weight excluding hydrogens is 138 g/mol. The predicted molar refractivity (Wildman–Crippen MR) is 44.6 cm³/mol. The third kappa shape index (κ3) is 2.17. The summed E-state index contributed by atoms with van der Waals surface area (Å²) in [4.78, 5) is 2.55. The van der Waals surface area contributed by atoms with Gasteiger partial charge in [-0.05, 0) is 25.3 Å². The van der Waals surface area contributed by atoms with Gasteiger partial charge in [-0.3, -0.25) is 0 Å². The summed E-state index contributed by atoms with van der Waals surface area (Å²) in [7, 11) is 0. The van der Waals surface area contributed by atoms with Crippen molar-refractivity contribution in [3.63, 3.8) is 0 Å². The molecule has 0 amide bonds. The highest BCUT2D eigenvalue weighted by Crippen LogP contribution is 2.18. The number of hydrogen-bond donors (Lipinski definition) is 0. The molecule has 0 N–H and O–H groups in total. The van der Waals surface area contributed by atoms with Crippen molar-refractivity contribution >= 4 is 0 Å². The standard InChI is InChI=1S/C9H17NO/c1-8-3-2-4-10(5-8)6-9-7-11-9/h8-9H,2-7H2,1H3. The number of piperidine rings is 1. The monoisotopic (exact) mass is 155 g/mol. The molecule has 2 aliphatic heterocycles. The van der Waals surface area contributed by atoms with Gasteiger partial charge in [0.15, 0.2) is 0 Å². The van der Waals surface area contributed by atoms with Crippen molar-refractivity contribution in [1.82, 2.24) is 4.90 Å². The van der Waals surface area contributed by atoms with Gasteiger partial charge in [0.2, 0.25) is 0 Å². The molecule has 2 fully saturated rings. The average Bonchev–Trinajstić information content (AvgIpc) is 2.71. The van der Waals surface area contributed by atoms with Crippen molar-refractivity contribution in [1.29, 1.82) is 0 Å². The molecule has 2 atom stereocenters. The number of hydrogen-bond acceptors (Lipinski definition) is 2. The first-order valence-corrected chi connectivity index (χ1v) is 4.68. The van der Waals surface area contributed by atoms with E-state index in [1.807, 2.05) is 0 Å². The van der Waals surface area contributed by atoms with E-state index in [0.717, 1.165) is 12.5 Å². The van der Waals surface area contributed by atoms with Crippen LogP contribution in [0.15, 0.2) is 0 Å². The molecule has 2 aliphatic rings. The number of likely N-dealkylation sites (tertiary alicyclic amines) is 1. The maximum absolute atomic E-state index is 5.20. The topological polar surface area (TPSA) is 15.8 Å². The maximum Gasteiger partial charge on any atom is 0.0936 e. The normalized spacial score (nSPS) is 39.0. The third-order valence-corrected chi connectivity index (χ3v) is 2.61. The van der Waals surface area contributed by atoms with E-state index in [0.29, 0.717) is 6.10 Å². The van der Waals surface area contributed by atoms with E-state index in [4.69, 9.17) is 4.74 Å². The van der Waals surface area contributed by atoms with Crippen LogP contribution in [-0.2, 0) is 4.74 Å². The fourth-order valence-corrected chi connectivity index (χ4v) is 1.91. The summed E-state index contributed by atoms with van der Waals surface area (Å²) < 4.78 is 5.20. The first kappa shape index (κ1) is 7.56. The number of rotatable bonds is 2. The van der Waals surface area contributed by atoms with Crippen LogP contribution in [0, 0.1) is 5.92 Å². The first-order chi connectivity index (χ1) is 5.34. The van der Waals surface area contributed by atoms with Crippen molar-refractivity contribution in [2.24, 2.45) is 5.92 Å². The second kappa shape index (κ2) is 3.11. The molecule has 0 aromatic carbocycles. The molecule has 0 radical (unpaired) electrons. The fraction of sp³-hybridized carbons (Fsp3) is 1.00. The van der Waals surface area contributed by atoms with Gasteiger partial charge in [-0.1, -0.05) is 6.92 Å². The van der Waals surface area contributed by atoms with Crippen LogP contribution in [0.3, 0.4) is 0 Å². The minimum atomic E-state index is 0.584. The Labute approximate surface area is 68.5 Å². The summed E-state index contributed by atoms with van der Waals surface area (Å²) in [6, 6.07) is 0. The molecule has 2 saturated heterocycles. The van der Waals surface area contributed by atoms with E-state index in [1.165, 1.54) is 32.5 Å². The van der Waals surface area contributed by atoms with Crippen LogP contribution in [0.5, 0.6) is 0 Å². The van der Waals surface area contributed by atoms with Crippen molar-refractivity contribution in [2.45, 2.75) is 25.9 Å². The average molecular weight is 155 g/mol. The van der Waals surface area contributed by atoms with Gasteiger partial charge in [-0.25, -0.2) is 0 Å². The SMILES string of the molecule is CC1CCCN(CC2CO2)C1. The molecule has 2 heteroatoms. The Balaban J connectivity index is 1.73. The van der Waals surface area contributed by atoms with Crippen LogP contribution in [0.4, 0.5) is 0 Å². The quantitative estimate of drug-likeness (QED) is 0.555. The molecule has 64 valence electrons. The molecule has 0 spiro atoms. The van der Waals surface area contributed by atoms with E-state index < -0.39 is 0 Å². The van der Waals surface area contributed by atoms with E-state index in [9.17, 15) is 0 Å². The Bertz CT molecular complexity index is 132. The zero-order valence-electron chi connectivity index (χ0n) is 7.25. The van der Waals surface area contributed by atoms with E-state index in [1.54, 1.807) is 0 Å². The molecule has 2 unspecified atom stereocenters. The lowest BCUT2D eigenvalue weighted by molar-refractivity contribution is 0.169. The van der Waals surface area contributed by atoms with Crippen LogP contribution in [0.2, 0.25) is 0 Å². The Morgan fingerprint density at radius 2 is 2.36 bits per heavy atom. The number of nitrogens with zero attached hydrogens (tertiary/aromatic N) is 1. The van der Waals surface area contributed by atoms with Crippen LogP contribution in [0.25, 0.3) is 0 Å². The van der Waals surface area contributed by atoms with Gasteiger partial charge in [-0.2, -0.15) is 0 Å². The first-order valence-electron chi connectivity index (χ1n) is 4.68. The highest BCUT2D eigenvalue weighted by molar-refractivity contribution is 4.78. The van der Waals surface area contributed by atoms with Crippen LogP contribution >= 0.6 is 0 Å². The van der Waals surface area contributed by atoms with Crippen molar-refractivity contribution < 1.29 is 4.74 Å². The maximum atomic E-state index is 5.20. The molecule has 0 aliphatic carbocycles. The minimum absolute atomic E-state index is 0.584. The van der Waals surface area contributed by atoms with Gasteiger partial charge >= 0.3 is 0 Å². The minimum Gasteiger partial charge on any atom is -0.372 e. The Kier molecular flexibility index (Phi) is 2.14. The molecule has 2 heterocycles. The summed E-state index contributed by atoms with van der Waals surface area (Å²) in [6.45, 7) is 7.12.